The number of aromatic nitrogens is 3. The number of H-pyrrole nitrogens is 1. The van der Waals surface area contributed by atoms with Gasteiger partial charge in [0.05, 0.1) is 6.20 Å². The molecule has 0 radical (unpaired) electrons. The number of hydrogen-bond acceptors (Lipinski definition) is 2. The van der Waals surface area contributed by atoms with E-state index in [4.69, 9.17) is 0 Å². The lowest BCUT2D eigenvalue weighted by Crippen LogP contribution is -1.87. The molecule has 14 heavy (non-hydrogen) atoms. The van der Waals surface area contributed by atoms with Gasteiger partial charge in [-0.1, -0.05) is 19.4 Å². The number of aromatic amines is 1. The minimum absolute atomic E-state index is 1.03. The summed E-state index contributed by atoms with van der Waals surface area (Å²) in [6.07, 6.45) is 7.66. The van der Waals surface area contributed by atoms with E-state index in [0.29, 0.717) is 0 Å². The Balaban J connectivity index is 2.37. The second-order valence-corrected chi connectivity index (χ2v) is 3.25. The Hall–Kier alpha value is -1.64. The summed E-state index contributed by atoms with van der Waals surface area (Å²) in [5, 5.41) is 7.09. The average Bonchev–Trinajstić information content (AvgIpc) is 2.68. The van der Waals surface area contributed by atoms with Crippen molar-refractivity contribution in [1.82, 2.24) is 15.2 Å². The lowest BCUT2D eigenvalue weighted by atomic mass is 10.1. The quantitative estimate of drug-likeness (QED) is 0.801. The van der Waals surface area contributed by atoms with Crippen molar-refractivity contribution >= 4 is 0 Å². The SMILES string of the molecule is CCCc1[nH]ncc1-c1cccnc1. The first-order valence-electron chi connectivity index (χ1n) is 4.84. The van der Waals surface area contributed by atoms with Crippen LogP contribution < -0.4 is 0 Å². The molecule has 0 saturated carbocycles. The van der Waals surface area contributed by atoms with Gasteiger partial charge in [0.25, 0.3) is 0 Å². The van der Waals surface area contributed by atoms with E-state index in [1.807, 2.05) is 18.5 Å². The van der Waals surface area contributed by atoms with Gasteiger partial charge in [0.2, 0.25) is 0 Å². The van der Waals surface area contributed by atoms with E-state index in [1.54, 1.807) is 6.20 Å². The Morgan fingerprint density at radius 2 is 2.29 bits per heavy atom. The van der Waals surface area contributed by atoms with Crippen LogP contribution in [0.2, 0.25) is 0 Å². The molecule has 0 bridgehead atoms. The first-order valence-corrected chi connectivity index (χ1v) is 4.84. The predicted octanol–water partition coefficient (Wildman–Crippen LogP) is 2.42. The maximum absolute atomic E-state index is 4.10. The van der Waals surface area contributed by atoms with Gasteiger partial charge in [-0.15, -0.1) is 0 Å². The first kappa shape index (κ1) is 8.94. The van der Waals surface area contributed by atoms with Gasteiger partial charge in [0.1, 0.15) is 0 Å². The zero-order valence-corrected chi connectivity index (χ0v) is 8.20. The van der Waals surface area contributed by atoms with Crippen LogP contribution in [0.1, 0.15) is 19.0 Å². The second kappa shape index (κ2) is 4.05. The van der Waals surface area contributed by atoms with Gasteiger partial charge in [-0.05, 0) is 12.5 Å². The van der Waals surface area contributed by atoms with Crippen LogP contribution >= 0.6 is 0 Å². The van der Waals surface area contributed by atoms with Crippen LogP contribution in [0.15, 0.2) is 30.7 Å². The maximum atomic E-state index is 4.10. The fourth-order valence-electron chi connectivity index (χ4n) is 1.52. The van der Waals surface area contributed by atoms with Gasteiger partial charge in [0, 0.05) is 29.2 Å². The van der Waals surface area contributed by atoms with Crippen molar-refractivity contribution in [2.45, 2.75) is 19.8 Å². The van der Waals surface area contributed by atoms with Crippen LogP contribution in [0.25, 0.3) is 11.1 Å². The highest BCUT2D eigenvalue weighted by molar-refractivity contribution is 5.63. The highest BCUT2D eigenvalue weighted by Gasteiger charge is 2.05. The summed E-state index contributed by atoms with van der Waals surface area (Å²) < 4.78 is 0. The summed E-state index contributed by atoms with van der Waals surface area (Å²) >= 11 is 0. The zero-order valence-electron chi connectivity index (χ0n) is 8.20. The molecule has 0 saturated heterocycles. The molecule has 2 aromatic heterocycles. The van der Waals surface area contributed by atoms with E-state index in [2.05, 4.69) is 28.2 Å². The van der Waals surface area contributed by atoms with Crippen LogP contribution in [-0.4, -0.2) is 15.2 Å². The van der Waals surface area contributed by atoms with Crippen molar-refractivity contribution in [2.24, 2.45) is 0 Å². The molecule has 0 spiro atoms. The summed E-state index contributed by atoms with van der Waals surface area (Å²) in [6, 6.07) is 4.00. The van der Waals surface area contributed by atoms with Gasteiger partial charge >= 0.3 is 0 Å². The molecule has 0 amide bonds. The largest absolute Gasteiger partial charge is 0.282 e. The van der Waals surface area contributed by atoms with E-state index in [0.717, 1.165) is 18.4 Å². The number of pyridine rings is 1. The molecule has 1 N–H and O–H groups in total. The molecular formula is C11H13N3. The molecule has 0 aliphatic rings. The lowest BCUT2D eigenvalue weighted by Gasteiger charge is -2.00. The van der Waals surface area contributed by atoms with E-state index in [9.17, 15) is 0 Å². The summed E-state index contributed by atoms with van der Waals surface area (Å²) in [7, 11) is 0. The Labute approximate surface area is 83.2 Å². The summed E-state index contributed by atoms with van der Waals surface area (Å²) in [5.41, 5.74) is 3.49. The smallest absolute Gasteiger partial charge is 0.0569 e. The molecule has 72 valence electrons. The fraction of sp³-hybridized carbons (Fsp3) is 0.273. The maximum Gasteiger partial charge on any atom is 0.0569 e. The van der Waals surface area contributed by atoms with E-state index < -0.39 is 0 Å². The van der Waals surface area contributed by atoms with E-state index in [-0.39, 0.29) is 0 Å². The van der Waals surface area contributed by atoms with Crippen molar-refractivity contribution in [3.63, 3.8) is 0 Å². The van der Waals surface area contributed by atoms with Gasteiger partial charge in [-0.3, -0.25) is 10.1 Å². The number of hydrogen-bond donors (Lipinski definition) is 1. The molecule has 0 aliphatic carbocycles. The van der Waals surface area contributed by atoms with Crippen LogP contribution in [0.4, 0.5) is 0 Å². The topological polar surface area (TPSA) is 41.6 Å². The van der Waals surface area contributed by atoms with Crippen LogP contribution in [0.3, 0.4) is 0 Å². The lowest BCUT2D eigenvalue weighted by molar-refractivity contribution is 0.868. The molecule has 3 nitrogen and oxygen atoms in total. The molecule has 2 aromatic rings. The number of nitrogens with one attached hydrogen (secondary N) is 1. The third kappa shape index (κ3) is 1.66. The van der Waals surface area contributed by atoms with Gasteiger partial charge in [-0.2, -0.15) is 5.10 Å². The third-order valence-corrected chi connectivity index (χ3v) is 2.19. The Kier molecular flexibility index (Phi) is 2.58. The van der Waals surface area contributed by atoms with Gasteiger partial charge in [0.15, 0.2) is 0 Å². The molecular weight excluding hydrogens is 174 g/mol. The minimum Gasteiger partial charge on any atom is -0.282 e. The predicted molar refractivity (Wildman–Crippen MR) is 55.8 cm³/mol. The van der Waals surface area contributed by atoms with Crippen molar-refractivity contribution in [2.75, 3.05) is 0 Å². The highest BCUT2D eigenvalue weighted by Crippen LogP contribution is 2.21. The second-order valence-electron chi connectivity index (χ2n) is 3.25. The third-order valence-electron chi connectivity index (χ3n) is 2.19. The molecule has 2 rings (SSSR count). The van der Waals surface area contributed by atoms with Crippen LogP contribution in [-0.2, 0) is 6.42 Å². The first-order chi connectivity index (χ1) is 6.92. The Morgan fingerprint density at radius 3 is 3.00 bits per heavy atom. The minimum atomic E-state index is 1.03. The van der Waals surface area contributed by atoms with Gasteiger partial charge < -0.3 is 0 Å². The number of rotatable bonds is 3. The number of nitrogens with zero attached hydrogens (tertiary/aromatic N) is 2. The molecule has 0 aromatic carbocycles. The monoisotopic (exact) mass is 187 g/mol. The number of aryl methyl sites for hydroxylation is 1. The van der Waals surface area contributed by atoms with Crippen molar-refractivity contribution in [1.29, 1.82) is 0 Å². The van der Waals surface area contributed by atoms with E-state index >= 15 is 0 Å². The average molecular weight is 187 g/mol. The fourth-order valence-corrected chi connectivity index (χ4v) is 1.52. The van der Waals surface area contributed by atoms with Crippen LogP contribution in [0, 0.1) is 0 Å². The van der Waals surface area contributed by atoms with Crippen molar-refractivity contribution in [3.05, 3.63) is 36.4 Å². The highest BCUT2D eigenvalue weighted by atomic mass is 15.1. The normalized spacial score (nSPS) is 10.4. The molecule has 0 fully saturated rings. The Morgan fingerprint density at radius 1 is 1.36 bits per heavy atom. The van der Waals surface area contributed by atoms with Crippen molar-refractivity contribution in [3.8, 4) is 11.1 Å². The molecule has 0 unspecified atom stereocenters. The molecule has 0 aliphatic heterocycles. The zero-order chi connectivity index (χ0) is 9.80. The summed E-state index contributed by atoms with van der Waals surface area (Å²) in [4.78, 5) is 4.10. The Bertz CT molecular complexity index is 392. The summed E-state index contributed by atoms with van der Waals surface area (Å²) in [5.74, 6) is 0. The summed E-state index contributed by atoms with van der Waals surface area (Å²) in [6.45, 7) is 2.16. The van der Waals surface area contributed by atoms with E-state index in [1.165, 1.54) is 11.3 Å². The molecule has 3 heteroatoms. The molecule has 2 heterocycles. The van der Waals surface area contributed by atoms with Gasteiger partial charge in [-0.25, -0.2) is 0 Å². The standard InChI is InChI=1S/C11H13N3/c1-2-4-11-10(8-13-14-11)9-5-3-6-12-7-9/h3,5-8H,2,4H2,1H3,(H,13,14). The van der Waals surface area contributed by atoms with Crippen molar-refractivity contribution < 1.29 is 0 Å². The molecule has 0 atom stereocenters. The van der Waals surface area contributed by atoms with Crippen LogP contribution in [0.5, 0.6) is 0 Å².